The summed E-state index contributed by atoms with van der Waals surface area (Å²) in [5, 5.41) is 2.90. The van der Waals surface area contributed by atoms with Gasteiger partial charge in [0.05, 0.1) is 12.2 Å². The molecular formula is C16H16F3NO2. The fourth-order valence-corrected chi connectivity index (χ4v) is 3.59. The van der Waals surface area contributed by atoms with Crippen LogP contribution in [-0.4, -0.2) is 18.1 Å². The average molecular weight is 311 g/mol. The van der Waals surface area contributed by atoms with Gasteiger partial charge in [-0.25, -0.2) is 0 Å². The number of nitrogens with one attached hydrogen (secondary N) is 1. The molecule has 1 aromatic carbocycles. The largest absolute Gasteiger partial charge is 0.493 e. The van der Waals surface area contributed by atoms with Crippen molar-refractivity contribution in [1.82, 2.24) is 5.32 Å². The average Bonchev–Trinajstić information content (AvgIpc) is 2.39. The van der Waals surface area contributed by atoms with Crippen LogP contribution in [0.15, 0.2) is 36.9 Å². The zero-order valence-electron chi connectivity index (χ0n) is 11.9. The fraction of sp³-hybridized carbons (Fsp3) is 0.438. The first kappa shape index (κ1) is 14.9. The van der Waals surface area contributed by atoms with E-state index in [0.29, 0.717) is 6.61 Å². The van der Waals surface area contributed by atoms with Crippen LogP contribution in [0.1, 0.15) is 24.8 Å². The van der Waals surface area contributed by atoms with Crippen LogP contribution in [0.3, 0.4) is 0 Å². The fourth-order valence-electron chi connectivity index (χ4n) is 3.59. The molecule has 0 unspecified atom stereocenters. The Kier molecular flexibility index (Phi) is 3.23. The summed E-state index contributed by atoms with van der Waals surface area (Å²) in [5.74, 6) is 0.0378. The van der Waals surface area contributed by atoms with Crippen molar-refractivity contribution in [3.63, 3.8) is 0 Å². The number of carbonyl (C=O) groups is 1. The van der Waals surface area contributed by atoms with Gasteiger partial charge in [0.15, 0.2) is 0 Å². The van der Waals surface area contributed by atoms with Crippen LogP contribution in [0, 0.1) is 5.41 Å². The van der Waals surface area contributed by atoms with Gasteiger partial charge in [-0.3, -0.25) is 4.79 Å². The minimum atomic E-state index is -4.37. The Balaban J connectivity index is 1.54. The van der Waals surface area contributed by atoms with Crippen molar-refractivity contribution in [1.29, 1.82) is 0 Å². The number of alkyl halides is 3. The summed E-state index contributed by atoms with van der Waals surface area (Å²) in [6.07, 6.45) is -0.712. The van der Waals surface area contributed by atoms with Gasteiger partial charge in [0, 0.05) is 11.0 Å². The molecule has 0 aliphatic heterocycles. The molecule has 1 N–H and O–H groups in total. The standard InChI is InChI=1S/C16H16F3NO2/c1-2-13(21)20-15-7-14(8-15,9-15)10-22-12-5-3-4-11(6-12)16(17,18)19/h2-6H,1,7-10H2,(H,20,21). The summed E-state index contributed by atoms with van der Waals surface area (Å²) in [4.78, 5) is 11.3. The summed E-state index contributed by atoms with van der Waals surface area (Å²) in [7, 11) is 0. The molecule has 6 heteroatoms. The molecule has 22 heavy (non-hydrogen) atoms. The minimum absolute atomic E-state index is 0.0112. The van der Waals surface area contributed by atoms with Crippen LogP contribution in [0.5, 0.6) is 5.75 Å². The summed E-state index contributed by atoms with van der Waals surface area (Å²) < 4.78 is 43.4. The number of rotatable bonds is 5. The first-order chi connectivity index (χ1) is 10.3. The van der Waals surface area contributed by atoms with Crippen molar-refractivity contribution < 1.29 is 22.7 Å². The Morgan fingerprint density at radius 2 is 2.05 bits per heavy atom. The van der Waals surface area contributed by atoms with Gasteiger partial charge < -0.3 is 10.1 Å². The quantitative estimate of drug-likeness (QED) is 0.847. The first-order valence-corrected chi connectivity index (χ1v) is 7.01. The SMILES string of the molecule is C=CC(=O)NC12CC(COc3cccc(C(F)(F)F)c3)(C1)C2. The lowest BCUT2D eigenvalue weighted by atomic mass is 9.39. The molecule has 1 amide bonds. The minimum Gasteiger partial charge on any atom is -0.493 e. The lowest BCUT2D eigenvalue weighted by Gasteiger charge is -2.70. The molecule has 0 heterocycles. The Labute approximate surface area is 126 Å². The third-order valence-electron chi connectivity index (χ3n) is 4.42. The van der Waals surface area contributed by atoms with E-state index >= 15 is 0 Å². The van der Waals surface area contributed by atoms with E-state index in [0.717, 1.165) is 31.4 Å². The molecule has 0 saturated heterocycles. The topological polar surface area (TPSA) is 38.3 Å². The van der Waals surface area contributed by atoms with Crippen LogP contribution >= 0.6 is 0 Å². The van der Waals surface area contributed by atoms with Crippen molar-refractivity contribution in [2.45, 2.75) is 31.0 Å². The zero-order chi connectivity index (χ0) is 16.0. The van der Waals surface area contributed by atoms with Gasteiger partial charge in [0.25, 0.3) is 0 Å². The highest BCUT2D eigenvalue weighted by Crippen LogP contribution is 2.67. The maximum Gasteiger partial charge on any atom is 0.416 e. The number of hydrogen-bond acceptors (Lipinski definition) is 2. The lowest BCUT2D eigenvalue weighted by molar-refractivity contribution is -0.177. The molecule has 3 aliphatic rings. The van der Waals surface area contributed by atoms with E-state index in [1.807, 2.05) is 0 Å². The van der Waals surface area contributed by atoms with E-state index in [4.69, 9.17) is 4.74 Å². The molecule has 3 aliphatic carbocycles. The second kappa shape index (κ2) is 4.76. The van der Waals surface area contributed by atoms with Crippen molar-refractivity contribution in [3.05, 3.63) is 42.5 Å². The lowest BCUT2D eigenvalue weighted by Crippen LogP contribution is -2.76. The first-order valence-electron chi connectivity index (χ1n) is 7.01. The second-order valence-electron chi connectivity index (χ2n) is 6.32. The molecule has 0 atom stereocenters. The van der Waals surface area contributed by atoms with E-state index in [1.54, 1.807) is 0 Å². The molecule has 0 spiro atoms. The number of carbonyl (C=O) groups excluding carboxylic acids is 1. The summed E-state index contributed by atoms with van der Waals surface area (Å²) in [6, 6.07) is 4.90. The number of halogens is 3. The highest BCUT2D eigenvalue weighted by atomic mass is 19.4. The van der Waals surface area contributed by atoms with E-state index in [2.05, 4.69) is 11.9 Å². The molecule has 1 aromatic rings. The van der Waals surface area contributed by atoms with Crippen molar-refractivity contribution in [3.8, 4) is 5.75 Å². The van der Waals surface area contributed by atoms with Crippen LogP contribution in [-0.2, 0) is 11.0 Å². The molecule has 4 rings (SSSR count). The van der Waals surface area contributed by atoms with E-state index < -0.39 is 11.7 Å². The predicted molar refractivity (Wildman–Crippen MR) is 74.3 cm³/mol. The number of benzene rings is 1. The van der Waals surface area contributed by atoms with Gasteiger partial charge in [-0.15, -0.1) is 0 Å². The maximum absolute atomic E-state index is 12.6. The van der Waals surface area contributed by atoms with Gasteiger partial charge >= 0.3 is 6.18 Å². The van der Waals surface area contributed by atoms with Crippen molar-refractivity contribution >= 4 is 5.91 Å². The molecule has 3 saturated carbocycles. The summed E-state index contributed by atoms with van der Waals surface area (Å²) in [6.45, 7) is 3.79. The number of ether oxygens (including phenoxy) is 1. The van der Waals surface area contributed by atoms with Crippen LogP contribution in [0.4, 0.5) is 13.2 Å². The van der Waals surface area contributed by atoms with Crippen LogP contribution in [0.25, 0.3) is 0 Å². The van der Waals surface area contributed by atoms with E-state index in [9.17, 15) is 18.0 Å². The predicted octanol–water partition coefficient (Wildman–Crippen LogP) is 3.31. The third kappa shape index (κ3) is 2.58. The molecule has 2 bridgehead atoms. The van der Waals surface area contributed by atoms with E-state index in [-0.39, 0.29) is 22.6 Å². The van der Waals surface area contributed by atoms with Crippen molar-refractivity contribution in [2.75, 3.05) is 6.61 Å². The van der Waals surface area contributed by atoms with Gasteiger partial charge in [-0.1, -0.05) is 12.6 Å². The van der Waals surface area contributed by atoms with Crippen molar-refractivity contribution in [2.24, 2.45) is 5.41 Å². The van der Waals surface area contributed by atoms with E-state index in [1.165, 1.54) is 18.2 Å². The van der Waals surface area contributed by atoms with Gasteiger partial charge in [-0.05, 0) is 43.5 Å². The second-order valence-corrected chi connectivity index (χ2v) is 6.32. The molecular weight excluding hydrogens is 295 g/mol. The Morgan fingerprint density at radius 1 is 1.36 bits per heavy atom. The van der Waals surface area contributed by atoms with Crippen LogP contribution < -0.4 is 10.1 Å². The number of hydrogen-bond donors (Lipinski definition) is 1. The highest BCUT2D eigenvalue weighted by Gasteiger charge is 2.68. The van der Waals surface area contributed by atoms with Gasteiger partial charge in [-0.2, -0.15) is 13.2 Å². The van der Waals surface area contributed by atoms with Crippen LogP contribution in [0.2, 0.25) is 0 Å². The smallest absolute Gasteiger partial charge is 0.416 e. The van der Waals surface area contributed by atoms with Gasteiger partial charge in [0.1, 0.15) is 5.75 Å². The molecule has 0 aromatic heterocycles. The maximum atomic E-state index is 12.6. The zero-order valence-corrected chi connectivity index (χ0v) is 11.9. The van der Waals surface area contributed by atoms with Gasteiger partial charge in [0.2, 0.25) is 5.91 Å². The third-order valence-corrected chi connectivity index (χ3v) is 4.42. The number of amides is 1. The highest BCUT2D eigenvalue weighted by molar-refractivity contribution is 5.88. The molecule has 3 fully saturated rings. The summed E-state index contributed by atoms with van der Waals surface area (Å²) >= 11 is 0. The molecule has 118 valence electrons. The Bertz CT molecular complexity index is 604. The normalized spacial score (nSPS) is 29.0. The Hall–Kier alpha value is -1.98. The molecule has 3 nitrogen and oxygen atoms in total. The summed E-state index contributed by atoms with van der Waals surface area (Å²) in [5.41, 5.74) is -0.872. The monoisotopic (exact) mass is 311 g/mol. The molecule has 0 radical (unpaired) electrons. The Morgan fingerprint density at radius 3 is 2.64 bits per heavy atom.